The number of anilines is 2. The first-order valence-corrected chi connectivity index (χ1v) is 17.0. The van der Waals surface area contributed by atoms with Gasteiger partial charge in [-0.2, -0.15) is 0 Å². The van der Waals surface area contributed by atoms with Gasteiger partial charge < -0.3 is 24.9 Å². The molecule has 3 aliphatic rings. The topological polar surface area (TPSA) is 136 Å². The molecule has 0 spiro atoms. The van der Waals surface area contributed by atoms with Crippen LogP contribution in [0.1, 0.15) is 32.1 Å². The van der Waals surface area contributed by atoms with E-state index in [4.69, 9.17) is 11.6 Å². The Morgan fingerprint density at radius 3 is 2.06 bits per heavy atom. The Morgan fingerprint density at radius 1 is 0.830 bits per heavy atom. The van der Waals surface area contributed by atoms with Crippen LogP contribution in [-0.2, 0) is 32.5 Å². The molecule has 0 aromatic carbocycles. The number of nitrogens with zero attached hydrogens (tertiary/aromatic N) is 10. The number of nitrogens with one attached hydrogen (secondary N) is 1. The molecule has 1 N–H and O–H groups in total. The first-order valence-electron chi connectivity index (χ1n) is 15.0. The summed E-state index contributed by atoms with van der Waals surface area (Å²) in [7, 11) is 7.10. The number of amides is 4. The van der Waals surface area contributed by atoms with Crippen molar-refractivity contribution in [2.75, 3.05) is 46.6 Å². The largest absolute Gasteiger partial charge is 0.338 e. The number of thiophene rings is 2. The van der Waals surface area contributed by atoms with Gasteiger partial charge in [0.1, 0.15) is 33.3 Å². The van der Waals surface area contributed by atoms with E-state index in [1.165, 1.54) is 27.2 Å². The number of hydrogen-bond acceptors (Lipinski definition) is 11. The molecule has 0 saturated heterocycles. The quantitative estimate of drug-likeness (QED) is 0.250. The Labute approximate surface area is 283 Å². The molecule has 8 rings (SSSR count). The maximum atomic E-state index is 12.3. The Kier molecular flexibility index (Phi) is 8.36. The number of urea groups is 2. The molecule has 13 nitrogen and oxygen atoms in total. The number of fused-ring (bicyclic) bond motifs is 7. The lowest BCUT2D eigenvalue weighted by atomic mass is 10.1. The minimum absolute atomic E-state index is 0.0402. The normalized spacial score (nSPS) is 14.7. The lowest BCUT2D eigenvalue weighted by Crippen LogP contribution is -2.41. The molecule has 8 heterocycles. The van der Waals surface area contributed by atoms with Crippen molar-refractivity contribution < 1.29 is 9.59 Å². The molecule has 0 aliphatic carbocycles. The summed E-state index contributed by atoms with van der Waals surface area (Å²) in [4.78, 5) is 61.5. The third-order valence-corrected chi connectivity index (χ3v) is 10.8. The molecule has 3 aliphatic heterocycles. The zero-order chi connectivity index (χ0) is 32.8. The Hall–Kier alpha value is -4.47. The number of carbonyl (C=O) groups excluding carboxylic acids is 2. The van der Waals surface area contributed by atoms with Gasteiger partial charge in [0.05, 0.1) is 48.0 Å². The van der Waals surface area contributed by atoms with Crippen molar-refractivity contribution in [3.63, 3.8) is 0 Å². The molecule has 0 bridgehead atoms. The standard InChI is InChI=1S/C19H19N7OS.C12H13ClN4OS/c1-25(2)19(27)26-4-3-13-15(9-26)28-18-16(13)17(22-10-23-18)24-12-5-11-6-20-8-14(11)21-7-12;1-16(2)12(18)17-4-3-7-8(5-17)19-11-9(7)10(13)14-6-15-11/h5-7,10H,3-4,8-9H2,1-2H3,(H,22,23,24);6H,3-5H2,1-2H3. The highest BCUT2D eigenvalue weighted by molar-refractivity contribution is 7.19. The van der Waals surface area contributed by atoms with Crippen LogP contribution >= 0.6 is 34.3 Å². The van der Waals surface area contributed by atoms with Crippen molar-refractivity contribution in [1.82, 2.24) is 44.5 Å². The predicted octanol–water partition coefficient (Wildman–Crippen LogP) is 5.19. The summed E-state index contributed by atoms with van der Waals surface area (Å²) in [5.41, 5.74) is 5.36. The zero-order valence-corrected chi connectivity index (χ0v) is 28.7. The van der Waals surface area contributed by atoms with E-state index in [9.17, 15) is 9.59 Å². The fraction of sp³-hybridized carbons (Fsp3) is 0.355. The smallest absolute Gasteiger partial charge is 0.319 e. The summed E-state index contributed by atoms with van der Waals surface area (Å²) in [6.07, 6.45) is 8.34. The van der Waals surface area contributed by atoms with Crippen LogP contribution in [-0.4, -0.2) is 104 Å². The van der Waals surface area contributed by atoms with Crippen molar-refractivity contribution in [1.29, 1.82) is 0 Å². The maximum absolute atomic E-state index is 12.3. The van der Waals surface area contributed by atoms with Crippen molar-refractivity contribution in [2.24, 2.45) is 4.99 Å². The van der Waals surface area contributed by atoms with E-state index in [-0.39, 0.29) is 12.1 Å². The second kappa shape index (κ2) is 12.6. The molecule has 0 atom stereocenters. The van der Waals surface area contributed by atoms with Crippen LogP contribution in [0.5, 0.6) is 0 Å². The number of aromatic nitrogens is 5. The summed E-state index contributed by atoms with van der Waals surface area (Å²) < 4.78 is 0. The van der Waals surface area contributed by atoms with Gasteiger partial charge in [-0.25, -0.2) is 29.5 Å². The summed E-state index contributed by atoms with van der Waals surface area (Å²) in [6.45, 7) is 3.29. The second-order valence-corrected chi connectivity index (χ2v) is 14.3. The van der Waals surface area contributed by atoms with Crippen LogP contribution in [0.4, 0.5) is 21.1 Å². The van der Waals surface area contributed by atoms with Gasteiger partial charge in [0.2, 0.25) is 0 Å². The van der Waals surface area contributed by atoms with E-state index in [0.29, 0.717) is 37.9 Å². The molecule has 0 unspecified atom stereocenters. The number of carbonyl (C=O) groups is 2. The van der Waals surface area contributed by atoms with E-state index in [0.717, 1.165) is 56.0 Å². The fourth-order valence-electron chi connectivity index (χ4n) is 5.99. The van der Waals surface area contributed by atoms with E-state index >= 15 is 0 Å². The van der Waals surface area contributed by atoms with Gasteiger partial charge in [0.25, 0.3) is 0 Å². The van der Waals surface area contributed by atoms with Crippen molar-refractivity contribution in [2.45, 2.75) is 32.5 Å². The van der Waals surface area contributed by atoms with Gasteiger partial charge in [-0.1, -0.05) is 11.6 Å². The number of aliphatic imine (C=N–C) groups is 1. The van der Waals surface area contributed by atoms with Gasteiger partial charge in [-0.3, -0.25) is 9.98 Å². The summed E-state index contributed by atoms with van der Waals surface area (Å²) in [5.74, 6) is 0.784. The van der Waals surface area contributed by atoms with Gasteiger partial charge in [-0.05, 0) is 30.0 Å². The van der Waals surface area contributed by atoms with Gasteiger partial charge in [0, 0.05) is 62.8 Å². The predicted molar refractivity (Wildman–Crippen MR) is 185 cm³/mol. The van der Waals surface area contributed by atoms with Crippen LogP contribution in [0.2, 0.25) is 5.15 Å². The Morgan fingerprint density at radius 2 is 1.43 bits per heavy atom. The number of halogens is 1. The Balaban J connectivity index is 0.000000161. The molecule has 4 amide bonds. The molecule has 5 aromatic heterocycles. The van der Waals surface area contributed by atoms with E-state index < -0.39 is 0 Å². The molecule has 5 aromatic rings. The van der Waals surface area contributed by atoms with Crippen LogP contribution in [0.15, 0.2) is 29.9 Å². The van der Waals surface area contributed by atoms with Crippen molar-refractivity contribution in [3.05, 3.63) is 62.2 Å². The highest BCUT2D eigenvalue weighted by atomic mass is 35.5. The van der Waals surface area contributed by atoms with Gasteiger partial charge in [-0.15, -0.1) is 22.7 Å². The minimum Gasteiger partial charge on any atom is -0.338 e. The number of rotatable bonds is 2. The van der Waals surface area contributed by atoms with Gasteiger partial charge in [0.15, 0.2) is 0 Å². The average molecular weight is 690 g/mol. The van der Waals surface area contributed by atoms with Crippen molar-refractivity contribution >= 4 is 84.5 Å². The van der Waals surface area contributed by atoms with E-state index in [1.54, 1.807) is 67.0 Å². The molecule has 0 radical (unpaired) electrons. The lowest BCUT2D eigenvalue weighted by Gasteiger charge is -2.29. The van der Waals surface area contributed by atoms with Crippen LogP contribution in [0.25, 0.3) is 20.4 Å². The number of pyridine rings is 1. The monoisotopic (exact) mass is 689 g/mol. The molecule has 16 heteroatoms. The second-order valence-electron chi connectivity index (χ2n) is 11.8. The average Bonchev–Trinajstić information content (AvgIpc) is 3.79. The summed E-state index contributed by atoms with van der Waals surface area (Å²) in [6, 6.07) is 2.13. The zero-order valence-electron chi connectivity index (χ0n) is 26.3. The minimum atomic E-state index is 0.0402. The van der Waals surface area contributed by atoms with E-state index in [1.807, 2.05) is 28.3 Å². The van der Waals surface area contributed by atoms with Crippen LogP contribution < -0.4 is 5.32 Å². The molecule has 47 heavy (non-hydrogen) atoms. The van der Waals surface area contributed by atoms with Crippen molar-refractivity contribution in [3.8, 4) is 0 Å². The molecular weight excluding hydrogens is 658 g/mol. The lowest BCUT2D eigenvalue weighted by molar-refractivity contribution is 0.166. The van der Waals surface area contributed by atoms with Gasteiger partial charge >= 0.3 is 12.1 Å². The molecule has 242 valence electrons. The Bertz CT molecular complexity index is 2060. The summed E-state index contributed by atoms with van der Waals surface area (Å²) >= 11 is 9.39. The molecular formula is C31H32ClN11O2S2. The summed E-state index contributed by atoms with van der Waals surface area (Å²) in [5, 5.41) is 5.93. The molecule has 0 saturated carbocycles. The van der Waals surface area contributed by atoms with E-state index in [2.05, 4.69) is 35.2 Å². The third kappa shape index (κ3) is 5.94. The van der Waals surface area contributed by atoms with Crippen LogP contribution in [0.3, 0.4) is 0 Å². The first kappa shape index (κ1) is 31.1. The molecule has 0 fully saturated rings. The van der Waals surface area contributed by atoms with Crippen LogP contribution in [0, 0.1) is 0 Å². The highest BCUT2D eigenvalue weighted by Gasteiger charge is 2.28. The third-order valence-electron chi connectivity index (χ3n) is 8.27. The fourth-order valence-corrected chi connectivity index (χ4v) is 8.70. The first-order chi connectivity index (χ1) is 22.7. The maximum Gasteiger partial charge on any atom is 0.319 e. The number of hydrogen-bond donors (Lipinski definition) is 1. The SMILES string of the molecule is CN(C)C(=O)N1CCc2c(sc3ncnc(Cl)c23)C1.CN(C)C(=O)N1CCc2c(sc3ncnc(Nc4cnc5c(c4)C=NC5)c23)C1. The highest BCUT2D eigenvalue weighted by Crippen LogP contribution is 2.39.